The number of sulfonamides is 1. The second-order valence-corrected chi connectivity index (χ2v) is 9.28. The third-order valence-corrected chi connectivity index (χ3v) is 7.36. The SMILES string of the molecule is COc1ccc(N(C)C(=O)c2cccc(S(=O)(=O)N3CCN(C(C)=O)CC3)c2)cc1OC. The molecule has 10 heteroatoms. The van der Waals surface area contributed by atoms with E-state index < -0.39 is 10.0 Å². The van der Waals surface area contributed by atoms with E-state index in [4.69, 9.17) is 9.47 Å². The number of nitrogens with zero attached hydrogens (tertiary/aromatic N) is 3. The van der Waals surface area contributed by atoms with E-state index in [-0.39, 0.29) is 35.4 Å². The Bertz CT molecular complexity index is 1110. The van der Waals surface area contributed by atoms with Gasteiger partial charge >= 0.3 is 0 Å². The van der Waals surface area contributed by atoms with Crippen molar-refractivity contribution >= 4 is 27.5 Å². The lowest BCUT2D eigenvalue weighted by Gasteiger charge is -2.33. The Hall–Kier alpha value is -3.11. The standard InChI is InChI=1S/C22H27N3O6S/c1-16(26)24-10-12-25(13-11-24)32(28,29)19-7-5-6-17(14-19)22(27)23(2)18-8-9-20(30-3)21(15-18)31-4/h5-9,14-15H,10-13H2,1-4H3. The molecule has 0 radical (unpaired) electrons. The number of anilines is 1. The molecule has 0 aliphatic carbocycles. The Morgan fingerprint density at radius 2 is 1.59 bits per heavy atom. The van der Waals surface area contributed by atoms with Gasteiger partial charge in [-0.25, -0.2) is 8.42 Å². The molecular weight excluding hydrogens is 434 g/mol. The summed E-state index contributed by atoms with van der Waals surface area (Å²) in [7, 11) is 0.848. The van der Waals surface area contributed by atoms with Crippen LogP contribution in [0.25, 0.3) is 0 Å². The summed E-state index contributed by atoms with van der Waals surface area (Å²) >= 11 is 0. The maximum absolute atomic E-state index is 13.1. The number of amides is 2. The zero-order chi connectivity index (χ0) is 23.5. The van der Waals surface area contributed by atoms with E-state index in [0.717, 1.165) is 0 Å². The molecule has 2 amide bonds. The van der Waals surface area contributed by atoms with Crippen LogP contribution in [0.1, 0.15) is 17.3 Å². The monoisotopic (exact) mass is 461 g/mol. The molecule has 1 aliphatic heterocycles. The highest BCUT2D eigenvalue weighted by atomic mass is 32.2. The van der Waals surface area contributed by atoms with Crippen LogP contribution in [0.4, 0.5) is 5.69 Å². The molecule has 0 spiro atoms. The predicted octanol–water partition coefficient (Wildman–Crippen LogP) is 1.83. The zero-order valence-electron chi connectivity index (χ0n) is 18.6. The van der Waals surface area contributed by atoms with Crippen molar-refractivity contribution in [2.75, 3.05) is 52.3 Å². The van der Waals surface area contributed by atoms with Crippen LogP contribution < -0.4 is 14.4 Å². The van der Waals surface area contributed by atoms with E-state index in [1.54, 1.807) is 42.3 Å². The van der Waals surface area contributed by atoms with Crippen LogP contribution in [-0.4, -0.2) is 76.9 Å². The first-order valence-corrected chi connectivity index (χ1v) is 11.5. The van der Waals surface area contributed by atoms with E-state index in [9.17, 15) is 18.0 Å². The minimum Gasteiger partial charge on any atom is -0.493 e. The normalized spacial score (nSPS) is 14.7. The van der Waals surface area contributed by atoms with Crippen molar-refractivity contribution in [3.63, 3.8) is 0 Å². The predicted molar refractivity (Wildman–Crippen MR) is 120 cm³/mol. The highest BCUT2D eigenvalue weighted by Crippen LogP contribution is 2.31. The molecule has 0 unspecified atom stereocenters. The van der Waals surface area contributed by atoms with Crippen LogP contribution >= 0.6 is 0 Å². The minimum atomic E-state index is -3.79. The number of rotatable bonds is 6. The Morgan fingerprint density at radius 1 is 0.938 bits per heavy atom. The highest BCUT2D eigenvalue weighted by Gasteiger charge is 2.30. The highest BCUT2D eigenvalue weighted by molar-refractivity contribution is 7.89. The zero-order valence-corrected chi connectivity index (χ0v) is 19.4. The molecule has 0 saturated carbocycles. The molecule has 1 fully saturated rings. The summed E-state index contributed by atoms with van der Waals surface area (Å²) in [6.07, 6.45) is 0. The molecule has 1 saturated heterocycles. The van der Waals surface area contributed by atoms with Gasteiger partial charge in [-0.1, -0.05) is 6.07 Å². The summed E-state index contributed by atoms with van der Waals surface area (Å²) in [6, 6.07) is 11.1. The van der Waals surface area contributed by atoms with Gasteiger partial charge in [0.05, 0.1) is 19.1 Å². The van der Waals surface area contributed by atoms with Crippen LogP contribution in [0.2, 0.25) is 0 Å². The van der Waals surface area contributed by atoms with Crippen molar-refractivity contribution in [2.45, 2.75) is 11.8 Å². The number of hydrogen-bond acceptors (Lipinski definition) is 6. The van der Waals surface area contributed by atoms with Crippen molar-refractivity contribution in [3.05, 3.63) is 48.0 Å². The van der Waals surface area contributed by atoms with Crippen LogP contribution in [-0.2, 0) is 14.8 Å². The van der Waals surface area contributed by atoms with Crippen LogP contribution in [0.5, 0.6) is 11.5 Å². The van der Waals surface area contributed by atoms with Crippen LogP contribution in [0.3, 0.4) is 0 Å². The summed E-state index contributed by atoms with van der Waals surface area (Å²) in [6.45, 7) is 2.58. The van der Waals surface area contributed by atoms with Gasteiger partial charge in [-0.2, -0.15) is 4.31 Å². The molecule has 2 aromatic carbocycles. The van der Waals surface area contributed by atoms with E-state index in [1.807, 2.05) is 0 Å². The average molecular weight is 462 g/mol. The molecule has 1 aliphatic rings. The van der Waals surface area contributed by atoms with Gasteiger partial charge in [-0.3, -0.25) is 9.59 Å². The first kappa shape index (κ1) is 23.6. The van der Waals surface area contributed by atoms with E-state index >= 15 is 0 Å². The largest absolute Gasteiger partial charge is 0.493 e. The topological polar surface area (TPSA) is 96.5 Å². The smallest absolute Gasteiger partial charge is 0.258 e. The van der Waals surface area contributed by atoms with Gasteiger partial charge in [-0.05, 0) is 30.3 Å². The average Bonchev–Trinajstić information content (AvgIpc) is 2.82. The number of hydrogen-bond donors (Lipinski definition) is 0. The third kappa shape index (κ3) is 4.71. The molecule has 0 aromatic heterocycles. The summed E-state index contributed by atoms with van der Waals surface area (Å²) in [5.74, 6) is 0.573. The maximum atomic E-state index is 13.1. The molecular formula is C22H27N3O6S. The summed E-state index contributed by atoms with van der Waals surface area (Å²) in [5.41, 5.74) is 0.812. The molecule has 9 nitrogen and oxygen atoms in total. The van der Waals surface area contributed by atoms with Crippen LogP contribution in [0.15, 0.2) is 47.4 Å². The first-order valence-electron chi connectivity index (χ1n) is 10.0. The molecule has 2 aromatic rings. The summed E-state index contributed by atoms with van der Waals surface area (Å²) in [5, 5.41) is 0. The molecule has 0 bridgehead atoms. The van der Waals surface area contributed by atoms with Crippen molar-refractivity contribution in [1.29, 1.82) is 0 Å². The summed E-state index contributed by atoms with van der Waals surface area (Å²) in [4.78, 5) is 27.6. The maximum Gasteiger partial charge on any atom is 0.258 e. The number of carbonyl (C=O) groups excluding carboxylic acids is 2. The molecule has 1 heterocycles. The molecule has 172 valence electrons. The van der Waals surface area contributed by atoms with Gasteiger partial charge in [0.15, 0.2) is 11.5 Å². The van der Waals surface area contributed by atoms with Gasteiger partial charge < -0.3 is 19.3 Å². The Kier molecular flexibility index (Phi) is 7.05. The number of ether oxygens (including phenoxy) is 2. The number of benzene rings is 2. The lowest BCUT2D eigenvalue weighted by atomic mass is 10.2. The second-order valence-electron chi connectivity index (χ2n) is 7.34. The fourth-order valence-corrected chi connectivity index (χ4v) is 5.00. The van der Waals surface area contributed by atoms with Gasteiger partial charge in [0.25, 0.3) is 5.91 Å². The van der Waals surface area contributed by atoms with Crippen molar-refractivity contribution in [2.24, 2.45) is 0 Å². The van der Waals surface area contributed by atoms with Crippen molar-refractivity contribution in [3.8, 4) is 11.5 Å². The van der Waals surface area contributed by atoms with E-state index in [1.165, 1.54) is 42.5 Å². The van der Waals surface area contributed by atoms with Gasteiger partial charge in [0.1, 0.15) is 0 Å². The van der Waals surface area contributed by atoms with Gasteiger partial charge in [-0.15, -0.1) is 0 Å². The fourth-order valence-electron chi connectivity index (χ4n) is 3.53. The second kappa shape index (κ2) is 9.58. The Balaban J connectivity index is 1.82. The van der Waals surface area contributed by atoms with Gasteiger partial charge in [0, 0.05) is 57.5 Å². The number of carbonyl (C=O) groups is 2. The van der Waals surface area contributed by atoms with Crippen molar-refractivity contribution in [1.82, 2.24) is 9.21 Å². The number of methoxy groups -OCH3 is 2. The van der Waals surface area contributed by atoms with Crippen molar-refractivity contribution < 1.29 is 27.5 Å². The van der Waals surface area contributed by atoms with E-state index in [2.05, 4.69) is 0 Å². The van der Waals surface area contributed by atoms with Gasteiger partial charge in [0.2, 0.25) is 15.9 Å². The number of piperazine rings is 1. The summed E-state index contributed by atoms with van der Waals surface area (Å²) < 4.78 is 38.1. The Morgan fingerprint density at radius 3 is 2.19 bits per heavy atom. The molecule has 0 N–H and O–H groups in total. The minimum absolute atomic E-state index is 0.0420. The molecule has 3 rings (SSSR count). The van der Waals surface area contributed by atoms with Crippen LogP contribution in [0, 0.1) is 0 Å². The lowest BCUT2D eigenvalue weighted by Crippen LogP contribution is -2.49. The quantitative estimate of drug-likeness (QED) is 0.651. The van der Waals surface area contributed by atoms with E-state index in [0.29, 0.717) is 30.3 Å². The lowest BCUT2D eigenvalue weighted by molar-refractivity contribution is -0.129. The molecule has 32 heavy (non-hydrogen) atoms. The molecule has 0 atom stereocenters. The Labute approximate surface area is 188 Å². The first-order chi connectivity index (χ1) is 15.2. The fraction of sp³-hybridized carbons (Fsp3) is 0.364. The third-order valence-electron chi connectivity index (χ3n) is 5.46.